The van der Waals surface area contributed by atoms with Crippen LogP contribution in [0.5, 0.6) is 0 Å². The minimum atomic E-state index is -0.199. The van der Waals surface area contributed by atoms with Gasteiger partial charge in [0, 0.05) is 38.2 Å². The van der Waals surface area contributed by atoms with Crippen molar-refractivity contribution in [1.82, 2.24) is 5.32 Å². The number of anilines is 1. The highest BCUT2D eigenvalue weighted by Gasteiger charge is 2.30. The zero-order valence-electron chi connectivity index (χ0n) is 12.8. The van der Waals surface area contributed by atoms with Crippen LogP contribution in [0.1, 0.15) is 36.5 Å². The molecule has 0 aliphatic carbocycles. The summed E-state index contributed by atoms with van der Waals surface area (Å²) < 4.78 is 4.97. The molecule has 1 atom stereocenters. The van der Waals surface area contributed by atoms with Gasteiger partial charge in [-0.25, -0.2) is 0 Å². The highest BCUT2D eigenvalue weighted by molar-refractivity contribution is 6.19. The third kappa shape index (κ3) is 3.71. The summed E-state index contributed by atoms with van der Waals surface area (Å²) in [6, 6.07) is 6.49. The number of nitrogens with one attached hydrogen (secondary N) is 1. The quantitative estimate of drug-likeness (QED) is 0.808. The van der Waals surface area contributed by atoms with Crippen molar-refractivity contribution in [2.24, 2.45) is 0 Å². The van der Waals surface area contributed by atoms with E-state index in [0.717, 1.165) is 6.42 Å². The number of hydrogen-bond donors (Lipinski definition) is 1. The second kappa shape index (κ2) is 7.17. The van der Waals surface area contributed by atoms with Crippen LogP contribution in [-0.4, -0.2) is 37.5 Å². The van der Waals surface area contributed by atoms with Crippen LogP contribution in [0.15, 0.2) is 24.3 Å². The van der Waals surface area contributed by atoms with E-state index in [1.807, 2.05) is 6.92 Å². The van der Waals surface area contributed by atoms with Gasteiger partial charge in [-0.3, -0.25) is 19.3 Å². The molecular formula is C16H20N2O4. The Morgan fingerprint density at radius 3 is 2.36 bits per heavy atom. The van der Waals surface area contributed by atoms with Gasteiger partial charge >= 0.3 is 0 Å². The van der Waals surface area contributed by atoms with Crippen LogP contribution >= 0.6 is 0 Å². The molecule has 0 saturated carbocycles. The van der Waals surface area contributed by atoms with E-state index in [4.69, 9.17) is 4.74 Å². The molecule has 1 saturated heterocycles. The van der Waals surface area contributed by atoms with Crippen LogP contribution in [0.25, 0.3) is 0 Å². The van der Waals surface area contributed by atoms with Crippen molar-refractivity contribution in [3.63, 3.8) is 0 Å². The predicted molar refractivity (Wildman–Crippen MR) is 81.6 cm³/mol. The van der Waals surface area contributed by atoms with Crippen molar-refractivity contribution in [1.29, 1.82) is 0 Å². The van der Waals surface area contributed by atoms with Gasteiger partial charge in [-0.1, -0.05) is 0 Å². The molecule has 0 aromatic heterocycles. The third-order valence-corrected chi connectivity index (χ3v) is 3.57. The first-order valence-electron chi connectivity index (χ1n) is 7.28. The Labute approximate surface area is 129 Å². The SMILES string of the molecule is COCCC(C)NC(=O)c1ccc(N2C(=O)CCC2=O)cc1. The van der Waals surface area contributed by atoms with Gasteiger partial charge in [0.15, 0.2) is 0 Å². The van der Waals surface area contributed by atoms with E-state index in [2.05, 4.69) is 5.32 Å². The van der Waals surface area contributed by atoms with Gasteiger partial charge < -0.3 is 10.1 Å². The maximum atomic E-state index is 12.1. The molecule has 118 valence electrons. The number of carbonyl (C=O) groups is 3. The van der Waals surface area contributed by atoms with Crippen molar-refractivity contribution in [2.75, 3.05) is 18.6 Å². The zero-order chi connectivity index (χ0) is 16.1. The van der Waals surface area contributed by atoms with Crippen molar-refractivity contribution < 1.29 is 19.1 Å². The van der Waals surface area contributed by atoms with E-state index >= 15 is 0 Å². The third-order valence-electron chi connectivity index (χ3n) is 3.57. The van der Waals surface area contributed by atoms with Gasteiger partial charge in [-0.15, -0.1) is 0 Å². The van der Waals surface area contributed by atoms with E-state index in [-0.39, 0.29) is 36.6 Å². The van der Waals surface area contributed by atoms with Crippen molar-refractivity contribution in [3.05, 3.63) is 29.8 Å². The smallest absolute Gasteiger partial charge is 0.251 e. The Balaban J connectivity index is 2.01. The average Bonchev–Trinajstić information content (AvgIpc) is 2.84. The lowest BCUT2D eigenvalue weighted by Gasteiger charge is -2.15. The molecule has 0 radical (unpaired) electrons. The van der Waals surface area contributed by atoms with E-state index in [9.17, 15) is 14.4 Å². The lowest BCUT2D eigenvalue weighted by atomic mass is 10.1. The molecule has 1 aromatic carbocycles. The summed E-state index contributed by atoms with van der Waals surface area (Å²) in [4.78, 5) is 36.6. The van der Waals surface area contributed by atoms with Crippen LogP contribution in [0.4, 0.5) is 5.69 Å². The summed E-state index contributed by atoms with van der Waals surface area (Å²) in [5.74, 6) is -0.583. The van der Waals surface area contributed by atoms with Gasteiger partial charge in [0.25, 0.3) is 5.91 Å². The van der Waals surface area contributed by atoms with Crippen LogP contribution < -0.4 is 10.2 Å². The molecule has 2 rings (SSSR count). The topological polar surface area (TPSA) is 75.7 Å². The molecule has 1 heterocycles. The molecule has 22 heavy (non-hydrogen) atoms. The number of hydrogen-bond acceptors (Lipinski definition) is 4. The molecule has 0 bridgehead atoms. The van der Waals surface area contributed by atoms with Gasteiger partial charge in [0.1, 0.15) is 0 Å². The molecule has 6 heteroatoms. The van der Waals surface area contributed by atoms with E-state index < -0.39 is 0 Å². The minimum absolute atomic E-state index is 0.00821. The van der Waals surface area contributed by atoms with Gasteiger partial charge in [-0.2, -0.15) is 0 Å². The largest absolute Gasteiger partial charge is 0.385 e. The van der Waals surface area contributed by atoms with Crippen LogP contribution in [0.2, 0.25) is 0 Å². The van der Waals surface area contributed by atoms with Crippen LogP contribution in [-0.2, 0) is 14.3 Å². The standard InChI is InChI=1S/C16H20N2O4/c1-11(9-10-22-2)17-16(21)12-3-5-13(6-4-12)18-14(19)7-8-15(18)20/h3-6,11H,7-10H2,1-2H3,(H,17,21). The number of methoxy groups -OCH3 is 1. The summed E-state index contributed by atoms with van der Waals surface area (Å²) in [6.07, 6.45) is 1.23. The van der Waals surface area contributed by atoms with Gasteiger partial charge in [0.2, 0.25) is 11.8 Å². The molecule has 1 aromatic rings. The lowest BCUT2D eigenvalue weighted by Crippen LogP contribution is -2.33. The van der Waals surface area contributed by atoms with E-state index in [0.29, 0.717) is 17.9 Å². The average molecular weight is 304 g/mol. The molecular weight excluding hydrogens is 284 g/mol. The van der Waals surface area contributed by atoms with E-state index in [1.54, 1.807) is 31.4 Å². The number of carbonyl (C=O) groups excluding carboxylic acids is 3. The predicted octanol–water partition coefficient (Wildman–Crippen LogP) is 1.49. The molecule has 1 N–H and O–H groups in total. The summed E-state index contributed by atoms with van der Waals surface area (Å²) >= 11 is 0. The fraction of sp³-hybridized carbons (Fsp3) is 0.438. The van der Waals surface area contributed by atoms with E-state index in [1.165, 1.54) is 4.90 Å². The van der Waals surface area contributed by atoms with Crippen LogP contribution in [0, 0.1) is 0 Å². The summed E-state index contributed by atoms with van der Waals surface area (Å²) in [5.41, 5.74) is 1.00. The molecule has 3 amide bonds. The molecule has 1 unspecified atom stereocenters. The maximum Gasteiger partial charge on any atom is 0.251 e. The molecule has 1 fully saturated rings. The first kappa shape index (κ1) is 16.2. The summed E-state index contributed by atoms with van der Waals surface area (Å²) in [6.45, 7) is 2.49. The molecule has 1 aliphatic heterocycles. The first-order chi connectivity index (χ1) is 10.5. The number of benzene rings is 1. The second-order valence-electron chi connectivity index (χ2n) is 5.33. The number of rotatable bonds is 6. The fourth-order valence-corrected chi connectivity index (χ4v) is 2.30. The van der Waals surface area contributed by atoms with Gasteiger partial charge in [-0.05, 0) is 37.6 Å². The van der Waals surface area contributed by atoms with Crippen LogP contribution in [0.3, 0.4) is 0 Å². The minimum Gasteiger partial charge on any atom is -0.385 e. The molecule has 0 spiro atoms. The van der Waals surface area contributed by atoms with Gasteiger partial charge in [0.05, 0.1) is 5.69 Å². The highest BCUT2D eigenvalue weighted by Crippen LogP contribution is 2.22. The Kier molecular flexibility index (Phi) is 5.27. The normalized spacial score (nSPS) is 16.0. The lowest BCUT2D eigenvalue weighted by molar-refractivity contribution is -0.121. The number of nitrogens with zero attached hydrogens (tertiary/aromatic N) is 1. The zero-order valence-corrected chi connectivity index (χ0v) is 12.8. The second-order valence-corrected chi connectivity index (χ2v) is 5.33. The Hall–Kier alpha value is -2.21. The Bertz CT molecular complexity index is 552. The fourth-order valence-electron chi connectivity index (χ4n) is 2.30. The Morgan fingerprint density at radius 1 is 1.23 bits per heavy atom. The highest BCUT2D eigenvalue weighted by atomic mass is 16.5. The van der Waals surface area contributed by atoms with Crippen molar-refractivity contribution >= 4 is 23.4 Å². The molecule has 1 aliphatic rings. The monoisotopic (exact) mass is 304 g/mol. The molecule has 6 nitrogen and oxygen atoms in total. The first-order valence-corrected chi connectivity index (χ1v) is 7.28. The number of imide groups is 1. The van der Waals surface area contributed by atoms with Crippen molar-refractivity contribution in [2.45, 2.75) is 32.2 Å². The summed E-state index contributed by atoms with van der Waals surface area (Å²) in [5, 5.41) is 2.87. The maximum absolute atomic E-state index is 12.1. The number of amides is 3. The van der Waals surface area contributed by atoms with Crippen molar-refractivity contribution in [3.8, 4) is 0 Å². The summed E-state index contributed by atoms with van der Waals surface area (Å²) in [7, 11) is 1.62. The number of ether oxygens (including phenoxy) is 1. The Morgan fingerprint density at radius 2 is 1.82 bits per heavy atom.